The van der Waals surface area contributed by atoms with Crippen molar-refractivity contribution in [2.75, 3.05) is 26.3 Å². The van der Waals surface area contributed by atoms with Gasteiger partial charge in [0.25, 0.3) is 5.91 Å². The molecule has 0 aliphatic carbocycles. The highest BCUT2D eigenvalue weighted by atomic mass is 16.5. The summed E-state index contributed by atoms with van der Waals surface area (Å²) in [5, 5.41) is 0. The van der Waals surface area contributed by atoms with Crippen molar-refractivity contribution in [3.63, 3.8) is 0 Å². The maximum Gasteiger partial charge on any atom is 0.255 e. The predicted octanol–water partition coefficient (Wildman–Crippen LogP) is 2.22. The van der Waals surface area contributed by atoms with Gasteiger partial charge in [-0.05, 0) is 12.1 Å². The molecule has 3 rings (SSSR count). The van der Waals surface area contributed by atoms with E-state index in [0.29, 0.717) is 31.9 Å². The molecule has 1 amide bonds. The molecule has 0 N–H and O–H groups in total. The van der Waals surface area contributed by atoms with E-state index in [1.807, 2.05) is 47.4 Å². The van der Waals surface area contributed by atoms with E-state index in [9.17, 15) is 4.79 Å². The summed E-state index contributed by atoms with van der Waals surface area (Å²) in [7, 11) is 0. The van der Waals surface area contributed by atoms with Crippen LogP contribution in [0.3, 0.4) is 0 Å². The fourth-order valence-corrected chi connectivity index (χ4v) is 2.25. The summed E-state index contributed by atoms with van der Waals surface area (Å²) in [5.41, 5.74) is 2.56. The molecule has 2 aromatic rings. The molecule has 0 radical (unpaired) electrons. The van der Waals surface area contributed by atoms with E-state index in [2.05, 4.69) is 4.98 Å². The Bertz CT molecular complexity index is 575. The molecular formula is C16H16N2O2. The highest BCUT2D eigenvalue weighted by molar-refractivity contribution is 5.94. The zero-order valence-electron chi connectivity index (χ0n) is 11.2. The molecule has 102 valence electrons. The summed E-state index contributed by atoms with van der Waals surface area (Å²) in [4.78, 5) is 18.5. The molecule has 0 bridgehead atoms. The Morgan fingerprint density at radius 2 is 1.80 bits per heavy atom. The predicted molar refractivity (Wildman–Crippen MR) is 76.4 cm³/mol. The molecule has 4 heteroatoms. The van der Waals surface area contributed by atoms with Crippen LogP contribution in [0.5, 0.6) is 0 Å². The fraction of sp³-hybridized carbons (Fsp3) is 0.250. The minimum Gasteiger partial charge on any atom is -0.378 e. The van der Waals surface area contributed by atoms with E-state index in [1.54, 1.807) is 6.20 Å². The number of aromatic nitrogens is 1. The number of carbonyl (C=O) groups excluding carboxylic acids is 1. The number of benzene rings is 1. The molecule has 0 saturated carbocycles. The molecule has 0 atom stereocenters. The fourth-order valence-electron chi connectivity index (χ4n) is 2.25. The molecule has 1 fully saturated rings. The molecule has 1 aliphatic rings. The number of hydrogen-bond acceptors (Lipinski definition) is 3. The SMILES string of the molecule is O=C(c1ccc(-c2ccccc2)nc1)N1CCOCC1. The standard InChI is InChI=1S/C16H16N2O2/c19-16(18-8-10-20-11-9-18)14-6-7-15(17-12-14)13-4-2-1-3-5-13/h1-7,12H,8-11H2. The zero-order chi connectivity index (χ0) is 13.8. The van der Waals surface area contributed by atoms with Crippen LogP contribution in [0.1, 0.15) is 10.4 Å². The van der Waals surface area contributed by atoms with Crippen molar-refractivity contribution in [1.82, 2.24) is 9.88 Å². The van der Waals surface area contributed by atoms with Crippen LogP contribution in [0.2, 0.25) is 0 Å². The molecule has 0 spiro atoms. The van der Waals surface area contributed by atoms with Gasteiger partial charge in [0.1, 0.15) is 0 Å². The van der Waals surface area contributed by atoms with Crippen molar-refractivity contribution in [1.29, 1.82) is 0 Å². The first-order valence-electron chi connectivity index (χ1n) is 6.73. The zero-order valence-corrected chi connectivity index (χ0v) is 11.2. The van der Waals surface area contributed by atoms with Gasteiger partial charge in [-0.25, -0.2) is 0 Å². The molecule has 1 aromatic carbocycles. The molecule has 2 heterocycles. The van der Waals surface area contributed by atoms with Crippen LogP contribution in [0.15, 0.2) is 48.7 Å². The Labute approximate surface area is 118 Å². The third-order valence-electron chi connectivity index (χ3n) is 3.38. The Hall–Kier alpha value is -2.20. The van der Waals surface area contributed by atoms with Crippen LogP contribution >= 0.6 is 0 Å². The maximum absolute atomic E-state index is 12.3. The average Bonchev–Trinajstić information content (AvgIpc) is 2.56. The molecule has 1 saturated heterocycles. The van der Waals surface area contributed by atoms with E-state index in [-0.39, 0.29) is 5.91 Å². The third kappa shape index (κ3) is 2.70. The molecule has 1 aliphatic heterocycles. The Morgan fingerprint density at radius 3 is 2.45 bits per heavy atom. The molecule has 20 heavy (non-hydrogen) atoms. The summed E-state index contributed by atoms with van der Waals surface area (Å²) in [5.74, 6) is 0.0282. The molecular weight excluding hydrogens is 252 g/mol. The van der Waals surface area contributed by atoms with Crippen molar-refractivity contribution in [3.8, 4) is 11.3 Å². The number of hydrogen-bond donors (Lipinski definition) is 0. The van der Waals surface area contributed by atoms with Crippen molar-refractivity contribution >= 4 is 5.91 Å². The first kappa shape index (κ1) is 12.8. The molecule has 4 nitrogen and oxygen atoms in total. The number of nitrogens with zero attached hydrogens (tertiary/aromatic N) is 2. The lowest BCUT2D eigenvalue weighted by Gasteiger charge is -2.26. The summed E-state index contributed by atoms with van der Waals surface area (Å²) in [6.45, 7) is 2.53. The van der Waals surface area contributed by atoms with Crippen LogP contribution in [0, 0.1) is 0 Å². The number of pyridine rings is 1. The summed E-state index contributed by atoms with van der Waals surface area (Å²) >= 11 is 0. The van der Waals surface area contributed by atoms with Crippen LogP contribution in [0.25, 0.3) is 11.3 Å². The number of rotatable bonds is 2. The summed E-state index contributed by atoms with van der Waals surface area (Å²) in [6.07, 6.45) is 1.65. The van der Waals surface area contributed by atoms with E-state index in [1.165, 1.54) is 0 Å². The Balaban J connectivity index is 1.77. The first-order valence-corrected chi connectivity index (χ1v) is 6.73. The van der Waals surface area contributed by atoms with Gasteiger partial charge in [0.2, 0.25) is 0 Å². The lowest BCUT2D eigenvalue weighted by atomic mass is 10.1. The lowest BCUT2D eigenvalue weighted by Crippen LogP contribution is -2.40. The van der Waals surface area contributed by atoms with Gasteiger partial charge in [0, 0.05) is 24.8 Å². The highest BCUT2D eigenvalue weighted by Gasteiger charge is 2.18. The quantitative estimate of drug-likeness (QED) is 0.838. The summed E-state index contributed by atoms with van der Waals surface area (Å²) < 4.78 is 5.25. The average molecular weight is 268 g/mol. The van der Waals surface area contributed by atoms with Crippen molar-refractivity contribution in [3.05, 3.63) is 54.2 Å². The summed E-state index contributed by atoms with van der Waals surface area (Å²) in [6, 6.07) is 13.7. The second-order valence-electron chi connectivity index (χ2n) is 4.70. The number of carbonyl (C=O) groups is 1. The van der Waals surface area contributed by atoms with E-state index >= 15 is 0 Å². The van der Waals surface area contributed by atoms with Gasteiger partial charge in [0.05, 0.1) is 24.5 Å². The lowest BCUT2D eigenvalue weighted by molar-refractivity contribution is 0.0302. The van der Waals surface area contributed by atoms with Gasteiger partial charge < -0.3 is 9.64 Å². The Morgan fingerprint density at radius 1 is 1.05 bits per heavy atom. The highest BCUT2D eigenvalue weighted by Crippen LogP contribution is 2.17. The largest absolute Gasteiger partial charge is 0.378 e. The first-order chi connectivity index (χ1) is 9.84. The van der Waals surface area contributed by atoms with Gasteiger partial charge in [-0.3, -0.25) is 9.78 Å². The van der Waals surface area contributed by atoms with Crippen LogP contribution in [-0.2, 0) is 4.74 Å². The van der Waals surface area contributed by atoms with E-state index < -0.39 is 0 Å². The number of ether oxygens (including phenoxy) is 1. The van der Waals surface area contributed by atoms with Crippen molar-refractivity contribution < 1.29 is 9.53 Å². The molecule has 0 unspecified atom stereocenters. The van der Waals surface area contributed by atoms with Gasteiger partial charge >= 0.3 is 0 Å². The second-order valence-corrected chi connectivity index (χ2v) is 4.70. The van der Waals surface area contributed by atoms with Gasteiger partial charge in [0.15, 0.2) is 0 Å². The third-order valence-corrected chi connectivity index (χ3v) is 3.38. The monoisotopic (exact) mass is 268 g/mol. The normalized spacial score (nSPS) is 15.1. The second kappa shape index (κ2) is 5.84. The van der Waals surface area contributed by atoms with E-state index in [4.69, 9.17) is 4.74 Å². The minimum atomic E-state index is 0.0282. The van der Waals surface area contributed by atoms with Crippen molar-refractivity contribution in [2.24, 2.45) is 0 Å². The number of morpholine rings is 1. The van der Waals surface area contributed by atoms with Gasteiger partial charge in [-0.15, -0.1) is 0 Å². The minimum absolute atomic E-state index is 0.0282. The Kier molecular flexibility index (Phi) is 3.74. The van der Waals surface area contributed by atoms with Gasteiger partial charge in [-0.1, -0.05) is 30.3 Å². The number of amides is 1. The van der Waals surface area contributed by atoms with Crippen LogP contribution in [0.4, 0.5) is 0 Å². The van der Waals surface area contributed by atoms with Crippen LogP contribution < -0.4 is 0 Å². The molecule has 1 aromatic heterocycles. The smallest absolute Gasteiger partial charge is 0.255 e. The van der Waals surface area contributed by atoms with Crippen LogP contribution in [-0.4, -0.2) is 42.1 Å². The van der Waals surface area contributed by atoms with Crippen molar-refractivity contribution in [2.45, 2.75) is 0 Å². The van der Waals surface area contributed by atoms with E-state index in [0.717, 1.165) is 11.3 Å². The topological polar surface area (TPSA) is 42.4 Å². The van der Waals surface area contributed by atoms with Gasteiger partial charge in [-0.2, -0.15) is 0 Å². The maximum atomic E-state index is 12.3.